The highest BCUT2D eigenvalue weighted by atomic mass is 35.6. The molecule has 0 saturated carbocycles. The van der Waals surface area contributed by atoms with Crippen molar-refractivity contribution >= 4 is 161 Å². The van der Waals surface area contributed by atoms with E-state index in [-0.39, 0.29) is 34.9 Å². The number of fused-ring (bicyclic) bond motifs is 2. The predicted molar refractivity (Wildman–Crippen MR) is 236 cm³/mol. The van der Waals surface area contributed by atoms with Crippen molar-refractivity contribution in [3.8, 4) is 34.3 Å². The molecule has 0 N–H and O–H groups in total. The molecule has 4 aromatic carbocycles. The first-order chi connectivity index (χ1) is 26.6. The molecule has 0 spiro atoms. The van der Waals surface area contributed by atoms with Gasteiger partial charge in [0.1, 0.15) is 11.5 Å². The molecule has 21 heteroatoms. The van der Waals surface area contributed by atoms with Gasteiger partial charge in [-0.3, -0.25) is 0 Å². The minimum absolute atomic E-state index is 0.127. The highest BCUT2D eigenvalue weighted by Crippen LogP contribution is 2.44. The number of aromatic nitrogens is 6. The third kappa shape index (κ3) is 11.6. The standard InChI is InChI=1S/C19H15Cl6N3O.C17H11Cl6N3O2/c1-2-29-10-9-11-7-8-14(13-6-4-3-5-12(11)13)15-26-16(18(20,21)22)28-17(27-15)19(23,24)25;1-27-8-3-4-9-11(7-8)10(5-6-12(9)28-2)13-24-14(16(18,19)20)26-15(25-13)17(21,22)23/h3-8H,2,9-10H2,1H3;3-7H,1-2H3. The summed E-state index contributed by atoms with van der Waals surface area (Å²) in [5, 5.41) is 3.48. The monoisotopic (exact) mass is 1010 g/mol. The summed E-state index contributed by atoms with van der Waals surface area (Å²) in [6.07, 6.45) is 0.768. The third-order valence-electron chi connectivity index (χ3n) is 7.90. The van der Waals surface area contributed by atoms with E-state index in [9.17, 15) is 0 Å². The van der Waals surface area contributed by atoms with Gasteiger partial charge in [0.25, 0.3) is 0 Å². The topological polar surface area (TPSA) is 105 Å². The number of rotatable bonds is 8. The predicted octanol–water partition coefficient (Wildman–Crippen LogP) is 13.3. The third-order valence-corrected chi connectivity index (χ3v) is 9.93. The zero-order valence-electron chi connectivity index (χ0n) is 29.4. The van der Waals surface area contributed by atoms with Crippen LogP contribution in [0.5, 0.6) is 11.5 Å². The van der Waals surface area contributed by atoms with Crippen LogP contribution in [0.3, 0.4) is 0 Å². The molecular weight excluding hydrogens is 990 g/mol. The lowest BCUT2D eigenvalue weighted by molar-refractivity contribution is 0.151. The summed E-state index contributed by atoms with van der Waals surface area (Å²) in [5.41, 5.74) is 2.42. The number of nitrogens with zero attached hydrogens (tertiary/aromatic N) is 6. The Morgan fingerprint density at radius 3 is 1.42 bits per heavy atom. The van der Waals surface area contributed by atoms with Crippen LogP contribution in [-0.4, -0.2) is 57.3 Å². The lowest BCUT2D eigenvalue weighted by atomic mass is 9.97. The summed E-state index contributed by atoms with van der Waals surface area (Å²) >= 11 is 71.7. The van der Waals surface area contributed by atoms with Crippen LogP contribution < -0.4 is 9.47 Å². The van der Waals surface area contributed by atoms with Crippen molar-refractivity contribution in [3.63, 3.8) is 0 Å². The maximum absolute atomic E-state index is 5.99. The zero-order valence-corrected chi connectivity index (χ0v) is 38.5. The van der Waals surface area contributed by atoms with E-state index in [0.29, 0.717) is 35.8 Å². The largest absolute Gasteiger partial charge is 0.497 e. The Labute approximate surface area is 387 Å². The van der Waals surface area contributed by atoms with E-state index in [1.165, 1.54) is 0 Å². The molecule has 2 heterocycles. The number of alkyl halides is 12. The Balaban J connectivity index is 0.000000218. The Hall–Kier alpha value is -1.54. The molecule has 2 aromatic heterocycles. The molecule has 0 atom stereocenters. The van der Waals surface area contributed by atoms with Crippen LogP contribution in [0.2, 0.25) is 0 Å². The van der Waals surface area contributed by atoms with Gasteiger partial charge in [0.2, 0.25) is 15.2 Å². The average Bonchev–Trinajstić information content (AvgIpc) is 3.15. The van der Waals surface area contributed by atoms with E-state index in [1.54, 1.807) is 32.4 Å². The summed E-state index contributed by atoms with van der Waals surface area (Å²) in [4.78, 5) is 25.2. The van der Waals surface area contributed by atoms with E-state index in [2.05, 4.69) is 29.9 Å². The molecule has 6 aromatic rings. The number of methoxy groups -OCH3 is 2. The highest BCUT2D eigenvalue weighted by Gasteiger charge is 2.36. The normalized spacial score (nSPS) is 12.4. The molecule has 0 saturated heterocycles. The first-order valence-electron chi connectivity index (χ1n) is 16.2. The molecule has 302 valence electrons. The maximum atomic E-state index is 5.99. The Morgan fingerprint density at radius 2 is 0.965 bits per heavy atom. The van der Waals surface area contributed by atoms with Gasteiger partial charge in [0, 0.05) is 28.5 Å². The summed E-state index contributed by atoms with van der Waals surface area (Å²) in [6, 6.07) is 20.7. The van der Waals surface area contributed by atoms with Crippen molar-refractivity contribution in [3.05, 3.63) is 95.6 Å². The maximum Gasteiger partial charge on any atom is 0.250 e. The van der Waals surface area contributed by atoms with Crippen LogP contribution in [0.4, 0.5) is 0 Å². The van der Waals surface area contributed by atoms with Crippen molar-refractivity contribution in [1.82, 2.24) is 29.9 Å². The van der Waals surface area contributed by atoms with Crippen LogP contribution in [0.15, 0.2) is 66.7 Å². The van der Waals surface area contributed by atoms with E-state index < -0.39 is 15.2 Å². The Kier molecular flexibility index (Phi) is 15.5. The van der Waals surface area contributed by atoms with Crippen LogP contribution in [0.25, 0.3) is 44.3 Å². The Morgan fingerprint density at radius 1 is 0.491 bits per heavy atom. The molecule has 0 radical (unpaired) electrons. The second-order valence-corrected chi connectivity index (χ2v) is 20.7. The molecule has 0 aliphatic rings. The number of benzene rings is 4. The first kappa shape index (κ1) is 46.5. The molecule has 0 bridgehead atoms. The summed E-state index contributed by atoms with van der Waals surface area (Å²) in [5.74, 6) is 1.09. The SMILES string of the molecule is CCOCCc1ccc(-c2nc(C(Cl)(Cl)Cl)nc(C(Cl)(Cl)Cl)n2)c2ccccc12.COc1ccc2c(OC)ccc(-c3nc(C(Cl)(Cl)Cl)nc(C(Cl)(Cl)Cl)n3)c2c1. The Bertz CT molecular complexity index is 2320. The first-order valence-corrected chi connectivity index (χ1v) is 20.7. The summed E-state index contributed by atoms with van der Waals surface area (Å²) < 4.78 is 8.54. The van der Waals surface area contributed by atoms with Gasteiger partial charge in [0.05, 0.1) is 20.8 Å². The lowest BCUT2D eigenvalue weighted by Gasteiger charge is -2.17. The fraction of sp³-hybridized carbons (Fsp3) is 0.278. The fourth-order valence-electron chi connectivity index (χ4n) is 5.40. The highest BCUT2D eigenvalue weighted by molar-refractivity contribution is 6.68. The van der Waals surface area contributed by atoms with Crippen molar-refractivity contribution in [2.24, 2.45) is 0 Å². The van der Waals surface area contributed by atoms with E-state index >= 15 is 0 Å². The lowest BCUT2D eigenvalue weighted by Crippen LogP contribution is -2.16. The average molecular weight is 1020 g/mol. The van der Waals surface area contributed by atoms with E-state index in [4.69, 9.17) is 153 Å². The minimum Gasteiger partial charge on any atom is -0.497 e. The van der Waals surface area contributed by atoms with Crippen LogP contribution in [0, 0.1) is 0 Å². The van der Waals surface area contributed by atoms with Crippen molar-refractivity contribution in [1.29, 1.82) is 0 Å². The van der Waals surface area contributed by atoms with Crippen LogP contribution >= 0.6 is 139 Å². The van der Waals surface area contributed by atoms with Gasteiger partial charge in [-0.25, -0.2) is 29.9 Å². The van der Waals surface area contributed by atoms with Gasteiger partial charge in [-0.15, -0.1) is 0 Å². The van der Waals surface area contributed by atoms with E-state index in [1.807, 2.05) is 55.5 Å². The summed E-state index contributed by atoms with van der Waals surface area (Å²) in [6.45, 7) is 3.26. The zero-order chi connectivity index (χ0) is 41.9. The van der Waals surface area contributed by atoms with Gasteiger partial charge in [-0.1, -0.05) is 176 Å². The van der Waals surface area contributed by atoms with Crippen molar-refractivity contribution in [2.75, 3.05) is 27.4 Å². The van der Waals surface area contributed by atoms with Gasteiger partial charge in [-0.2, -0.15) is 0 Å². The number of hydrogen-bond donors (Lipinski definition) is 0. The second kappa shape index (κ2) is 19.0. The molecule has 0 aliphatic carbocycles. The number of halogens is 12. The molecule has 6 rings (SSSR count). The summed E-state index contributed by atoms with van der Waals surface area (Å²) in [7, 11) is 3.13. The van der Waals surface area contributed by atoms with E-state index in [0.717, 1.165) is 33.5 Å². The quantitative estimate of drug-likeness (QED) is 0.109. The molecule has 57 heavy (non-hydrogen) atoms. The van der Waals surface area contributed by atoms with Crippen molar-refractivity contribution in [2.45, 2.75) is 28.5 Å². The molecule has 0 amide bonds. The molecule has 9 nitrogen and oxygen atoms in total. The minimum atomic E-state index is -1.94. The van der Waals surface area contributed by atoms with Crippen LogP contribution in [-0.2, 0) is 26.3 Å². The van der Waals surface area contributed by atoms with Gasteiger partial charge in [-0.05, 0) is 60.0 Å². The van der Waals surface area contributed by atoms with Gasteiger partial charge < -0.3 is 14.2 Å². The van der Waals surface area contributed by atoms with Gasteiger partial charge >= 0.3 is 0 Å². The van der Waals surface area contributed by atoms with Crippen molar-refractivity contribution < 1.29 is 14.2 Å². The fourth-order valence-corrected chi connectivity index (χ4v) is 6.41. The number of hydrogen-bond acceptors (Lipinski definition) is 9. The molecule has 0 unspecified atom stereocenters. The van der Waals surface area contributed by atoms with Gasteiger partial charge in [0.15, 0.2) is 34.9 Å². The smallest absolute Gasteiger partial charge is 0.250 e. The number of ether oxygens (including phenoxy) is 3. The second-order valence-electron chi connectivity index (χ2n) is 11.6. The van der Waals surface area contributed by atoms with Crippen LogP contribution in [0.1, 0.15) is 35.8 Å². The molecule has 0 fully saturated rings. The molecule has 0 aliphatic heterocycles. The molecular formula is C36H26Cl12N6O3.